The van der Waals surface area contributed by atoms with E-state index in [-0.39, 0.29) is 15.0 Å². The summed E-state index contributed by atoms with van der Waals surface area (Å²) in [6, 6.07) is 12.0. The van der Waals surface area contributed by atoms with Crippen LogP contribution in [0.3, 0.4) is 0 Å². The Bertz CT molecular complexity index is 124. The number of carbonyl (C=O) groups excluding carboxylic acids is 1. The molecule has 1 rings (SSSR count). The average molecular weight is 201 g/mol. The van der Waals surface area contributed by atoms with Crippen molar-refractivity contribution in [2.75, 3.05) is 0 Å². The Morgan fingerprint density at radius 3 is 1.30 bits per heavy atom. The van der Waals surface area contributed by atoms with Gasteiger partial charge in [-0.05, 0) is 0 Å². The summed E-state index contributed by atoms with van der Waals surface area (Å²) in [7, 11) is 0. The zero-order chi connectivity index (χ0) is 7.66. The molecule has 0 aliphatic heterocycles. The standard InChI is InChI=1S/C6H6.C2H4OSe/c1-2-4-6-5-3-1;1-4-2-3/h1-6H;2H,1H3. The molecule has 54 valence electrons. The number of hydrogen-bond acceptors (Lipinski definition) is 1. The van der Waals surface area contributed by atoms with Crippen molar-refractivity contribution in [3.63, 3.8) is 0 Å². The molecule has 0 saturated carbocycles. The fourth-order valence-corrected chi connectivity index (χ4v) is 0.385. The van der Waals surface area contributed by atoms with E-state index in [1.807, 2.05) is 42.2 Å². The van der Waals surface area contributed by atoms with Gasteiger partial charge in [0.2, 0.25) is 0 Å². The molecule has 2 heteroatoms. The van der Waals surface area contributed by atoms with Crippen molar-refractivity contribution in [2.24, 2.45) is 0 Å². The molecule has 0 bridgehead atoms. The maximum Gasteiger partial charge on any atom is -0.0623 e. The fraction of sp³-hybridized carbons (Fsp3) is 0.125. The first-order valence-electron chi connectivity index (χ1n) is 2.88. The van der Waals surface area contributed by atoms with E-state index >= 15 is 0 Å². The second kappa shape index (κ2) is 8.41. The van der Waals surface area contributed by atoms with E-state index in [0.717, 1.165) is 5.18 Å². The Kier molecular flexibility index (Phi) is 7.91. The molecule has 0 fully saturated rings. The maximum atomic E-state index is 9.20. The van der Waals surface area contributed by atoms with Gasteiger partial charge in [-0.3, -0.25) is 0 Å². The Morgan fingerprint density at radius 2 is 1.20 bits per heavy atom. The molecule has 0 spiro atoms. The molecule has 1 aromatic carbocycles. The van der Waals surface area contributed by atoms with E-state index in [1.54, 1.807) is 0 Å². The van der Waals surface area contributed by atoms with Crippen LogP contribution in [0.1, 0.15) is 0 Å². The SMILES string of the molecule is C[Se]C=O.c1ccccc1. The first-order chi connectivity index (χ1) is 4.91. The molecule has 0 heterocycles. The van der Waals surface area contributed by atoms with Crippen LogP contribution in [-0.4, -0.2) is 20.1 Å². The molecule has 0 aromatic heterocycles. The second-order valence-corrected chi connectivity index (χ2v) is 2.88. The molecule has 0 N–H and O–H groups in total. The van der Waals surface area contributed by atoms with Gasteiger partial charge >= 0.3 is 30.8 Å². The minimum Gasteiger partial charge on any atom is -0.0623 e. The zero-order valence-corrected chi connectivity index (χ0v) is 7.57. The van der Waals surface area contributed by atoms with Crippen LogP contribution in [0.4, 0.5) is 0 Å². The third-order valence-electron chi connectivity index (χ3n) is 0.763. The van der Waals surface area contributed by atoms with Gasteiger partial charge in [-0.1, -0.05) is 36.4 Å². The summed E-state index contributed by atoms with van der Waals surface area (Å²) in [5.41, 5.74) is 0. The monoisotopic (exact) mass is 202 g/mol. The number of hydrogen-bond donors (Lipinski definition) is 0. The largest absolute Gasteiger partial charge is 0.0623 e. The van der Waals surface area contributed by atoms with Crippen molar-refractivity contribution < 1.29 is 4.79 Å². The first kappa shape index (κ1) is 9.41. The molecule has 1 nitrogen and oxygen atoms in total. The Labute approximate surface area is 67.6 Å². The topological polar surface area (TPSA) is 17.1 Å². The van der Waals surface area contributed by atoms with Crippen LogP contribution in [0, 0.1) is 0 Å². The fourth-order valence-electron chi connectivity index (χ4n) is 0.385. The molecule has 0 saturated heterocycles. The van der Waals surface area contributed by atoms with Crippen LogP contribution in [0.2, 0.25) is 5.82 Å². The van der Waals surface area contributed by atoms with Crippen LogP contribution >= 0.6 is 0 Å². The summed E-state index contributed by atoms with van der Waals surface area (Å²) < 4.78 is 0. The smallest absolute Gasteiger partial charge is 0.0623 e. The number of benzene rings is 1. The van der Waals surface area contributed by atoms with E-state index < -0.39 is 0 Å². The maximum absolute atomic E-state index is 9.20. The van der Waals surface area contributed by atoms with Gasteiger partial charge in [-0.2, -0.15) is 0 Å². The summed E-state index contributed by atoms with van der Waals surface area (Å²) in [6.45, 7) is 0. The van der Waals surface area contributed by atoms with E-state index in [0.29, 0.717) is 0 Å². The van der Waals surface area contributed by atoms with Crippen molar-refractivity contribution in [2.45, 2.75) is 5.82 Å². The average Bonchev–Trinajstić information content (AvgIpc) is 2.08. The Morgan fingerprint density at radius 1 is 1.00 bits per heavy atom. The summed E-state index contributed by atoms with van der Waals surface area (Å²) in [5, 5.41) is 0.938. The molecule has 0 radical (unpaired) electrons. The van der Waals surface area contributed by atoms with Gasteiger partial charge in [-0.25, -0.2) is 0 Å². The van der Waals surface area contributed by atoms with Gasteiger partial charge in [0.15, 0.2) is 0 Å². The van der Waals surface area contributed by atoms with Crippen LogP contribution in [0.25, 0.3) is 0 Å². The molecule has 0 unspecified atom stereocenters. The predicted octanol–water partition coefficient (Wildman–Crippen LogP) is 1.62. The number of carbonyl (C=O) groups is 1. The summed E-state index contributed by atoms with van der Waals surface area (Å²) in [6.07, 6.45) is 0. The van der Waals surface area contributed by atoms with Gasteiger partial charge in [0.05, 0.1) is 0 Å². The molecule has 10 heavy (non-hydrogen) atoms. The van der Waals surface area contributed by atoms with Crippen LogP contribution in [0.5, 0.6) is 0 Å². The molecule has 0 aliphatic rings. The molecule has 0 aliphatic carbocycles. The second-order valence-electron chi connectivity index (χ2n) is 1.49. The molecule has 1 aromatic rings. The quantitative estimate of drug-likeness (QED) is 0.498. The normalized spacial score (nSPS) is 7.30. The summed E-state index contributed by atoms with van der Waals surface area (Å²) >= 11 is 0.236. The Hall–Kier alpha value is -0.591. The van der Waals surface area contributed by atoms with Gasteiger partial charge in [0, 0.05) is 0 Å². The van der Waals surface area contributed by atoms with Gasteiger partial charge in [-0.15, -0.1) is 0 Å². The van der Waals surface area contributed by atoms with Crippen molar-refractivity contribution >= 4 is 20.1 Å². The minimum absolute atomic E-state index is 0.236. The van der Waals surface area contributed by atoms with Crippen molar-refractivity contribution in [3.05, 3.63) is 36.4 Å². The molecule has 0 atom stereocenters. The van der Waals surface area contributed by atoms with E-state index in [1.165, 1.54) is 0 Å². The van der Waals surface area contributed by atoms with E-state index in [2.05, 4.69) is 0 Å². The summed E-state index contributed by atoms with van der Waals surface area (Å²) in [4.78, 5) is 9.20. The van der Waals surface area contributed by atoms with Gasteiger partial charge < -0.3 is 0 Å². The van der Waals surface area contributed by atoms with Gasteiger partial charge in [0.25, 0.3) is 0 Å². The third-order valence-corrected chi connectivity index (χ3v) is 1.17. The first-order valence-corrected chi connectivity index (χ1v) is 5.58. The zero-order valence-electron chi connectivity index (χ0n) is 5.86. The molecule has 0 amide bonds. The van der Waals surface area contributed by atoms with Crippen molar-refractivity contribution in [1.82, 2.24) is 0 Å². The van der Waals surface area contributed by atoms with Crippen LogP contribution in [0.15, 0.2) is 36.4 Å². The third kappa shape index (κ3) is 7.41. The van der Waals surface area contributed by atoms with Crippen molar-refractivity contribution in [1.29, 1.82) is 0 Å². The van der Waals surface area contributed by atoms with Gasteiger partial charge in [0.1, 0.15) is 0 Å². The Balaban J connectivity index is 0.000000180. The molecular weight excluding hydrogens is 191 g/mol. The number of rotatable bonds is 1. The van der Waals surface area contributed by atoms with Crippen LogP contribution in [-0.2, 0) is 4.79 Å². The van der Waals surface area contributed by atoms with E-state index in [9.17, 15) is 4.79 Å². The predicted molar refractivity (Wildman–Crippen MR) is 44.8 cm³/mol. The summed E-state index contributed by atoms with van der Waals surface area (Å²) in [5.74, 6) is 1.88. The van der Waals surface area contributed by atoms with E-state index in [4.69, 9.17) is 0 Å². The van der Waals surface area contributed by atoms with Crippen LogP contribution < -0.4 is 0 Å². The molecular formula is C8H10OSe. The van der Waals surface area contributed by atoms with Crippen molar-refractivity contribution in [3.8, 4) is 0 Å². The minimum atomic E-state index is 0.236.